The monoisotopic (exact) mass is 341 g/mol. The van der Waals surface area contributed by atoms with E-state index in [1.807, 2.05) is 11.8 Å². The lowest BCUT2D eigenvalue weighted by Crippen LogP contribution is -2.30. The number of allylic oxidation sites excluding steroid dienone is 2. The minimum atomic E-state index is 0.177. The van der Waals surface area contributed by atoms with Crippen LogP contribution in [0.5, 0.6) is 0 Å². The van der Waals surface area contributed by atoms with Gasteiger partial charge in [0.05, 0.1) is 0 Å². The van der Waals surface area contributed by atoms with Crippen LogP contribution in [-0.4, -0.2) is 30.7 Å². The van der Waals surface area contributed by atoms with E-state index in [0.717, 1.165) is 43.9 Å². The van der Waals surface area contributed by atoms with Crippen molar-refractivity contribution in [3.8, 4) is 0 Å². The number of amidine groups is 1. The number of aryl methyl sites for hydroxylation is 1. The normalized spacial score (nSPS) is 21.3. The molecule has 24 heavy (non-hydrogen) atoms. The number of aliphatic imine (C=N–C) groups is 1. The smallest absolute Gasteiger partial charge is 0.129 e. The third kappa shape index (κ3) is 4.31. The van der Waals surface area contributed by atoms with Crippen molar-refractivity contribution in [1.29, 1.82) is 0 Å². The molecule has 0 radical (unpaired) electrons. The zero-order valence-corrected chi connectivity index (χ0v) is 15.5. The summed E-state index contributed by atoms with van der Waals surface area (Å²) in [4.78, 5) is 5.98. The molecule has 3 rings (SSSR count). The largest absolute Gasteiger partial charge is 0.370 e. The van der Waals surface area contributed by atoms with Gasteiger partial charge in [-0.15, -0.1) is 11.8 Å². The van der Waals surface area contributed by atoms with Crippen LogP contribution in [0, 0.1) is 6.92 Å². The summed E-state index contributed by atoms with van der Waals surface area (Å²) >= 11 is 1.89. The zero-order chi connectivity index (χ0) is 16.9. The molecular formula is C20H27N3S. The summed E-state index contributed by atoms with van der Waals surface area (Å²) in [5.74, 6) is 2.01. The van der Waals surface area contributed by atoms with E-state index in [1.165, 1.54) is 27.2 Å². The van der Waals surface area contributed by atoms with Gasteiger partial charge in [0.15, 0.2) is 0 Å². The van der Waals surface area contributed by atoms with Crippen LogP contribution in [0.4, 0.5) is 0 Å². The molecule has 0 amide bonds. The van der Waals surface area contributed by atoms with Gasteiger partial charge in [-0.2, -0.15) is 0 Å². The van der Waals surface area contributed by atoms with E-state index in [2.05, 4.69) is 54.5 Å². The van der Waals surface area contributed by atoms with Crippen molar-refractivity contribution in [2.24, 2.45) is 10.7 Å². The summed E-state index contributed by atoms with van der Waals surface area (Å²) in [6.45, 7) is 6.27. The third-order valence-electron chi connectivity index (χ3n) is 4.54. The predicted molar refractivity (Wildman–Crippen MR) is 105 cm³/mol. The Balaban J connectivity index is 1.81. The lowest BCUT2D eigenvalue weighted by molar-refractivity contribution is 0.737. The molecule has 0 saturated carbocycles. The van der Waals surface area contributed by atoms with E-state index in [1.54, 1.807) is 0 Å². The van der Waals surface area contributed by atoms with Crippen molar-refractivity contribution in [1.82, 2.24) is 5.32 Å². The number of hydrogen-bond acceptors (Lipinski definition) is 4. The fraction of sp³-hybridized carbons (Fsp3) is 0.450. The number of nitrogens with two attached hydrogens (primary N) is 1. The quantitative estimate of drug-likeness (QED) is 0.819. The van der Waals surface area contributed by atoms with Gasteiger partial charge in [-0.3, -0.25) is 4.99 Å². The van der Waals surface area contributed by atoms with Crippen LogP contribution in [0.25, 0.3) is 0 Å². The Kier molecular flexibility index (Phi) is 5.80. The summed E-state index contributed by atoms with van der Waals surface area (Å²) < 4.78 is 0. The van der Waals surface area contributed by atoms with Crippen LogP contribution in [0.3, 0.4) is 0 Å². The zero-order valence-electron chi connectivity index (χ0n) is 14.6. The maximum absolute atomic E-state index is 6.17. The maximum Gasteiger partial charge on any atom is 0.129 e. The van der Waals surface area contributed by atoms with Crippen molar-refractivity contribution in [3.05, 3.63) is 52.6 Å². The highest BCUT2D eigenvalue weighted by Crippen LogP contribution is 2.29. The lowest BCUT2D eigenvalue weighted by atomic mass is 10.1. The first-order valence-electron chi connectivity index (χ1n) is 8.79. The predicted octanol–water partition coefficient (Wildman–Crippen LogP) is 3.82. The first-order chi connectivity index (χ1) is 11.6. The number of hydrogen-bond donors (Lipinski definition) is 2. The van der Waals surface area contributed by atoms with E-state index in [9.17, 15) is 0 Å². The van der Waals surface area contributed by atoms with E-state index < -0.39 is 0 Å². The van der Waals surface area contributed by atoms with Gasteiger partial charge in [-0.1, -0.05) is 29.4 Å². The summed E-state index contributed by atoms with van der Waals surface area (Å²) in [5.41, 5.74) is 11.4. The minimum absolute atomic E-state index is 0.177. The Bertz CT molecular complexity index is 688. The molecule has 0 saturated heterocycles. The first-order valence-corrected chi connectivity index (χ1v) is 9.77. The molecule has 1 heterocycles. The Morgan fingerprint density at radius 3 is 3.00 bits per heavy atom. The molecule has 4 heteroatoms. The highest BCUT2D eigenvalue weighted by atomic mass is 32.2. The highest BCUT2D eigenvalue weighted by molar-refractivity contribution is 7.99. The van der Waals surface area contributed by atoms with Crippen molar-refractivity contribution in [2.75, 3.05) is 18.8 Å². The van der Waals surface area contributed by atoms with Crippen LogP contribution in [-0.2, 0) is 0 Å². The second kappa shape index (κ2) is 8.04. The minimum Gasteiger partial charge on any atom is -0.370 e. The topological polar surface area (TPSA) is 50.4 Å². The first kappa shape index (κ1) is 17.3. The number of benzene rings is 1. The third-order valence-corrected chi connectivity index (χ3v) is 5.67. The molecule has 2 aliphatic rings. The molecule has 1 aliphatic carbocycles. The SMILES string of the molecule is CC1=CCCC(N)C=C1CSc1ccc(C)cc1C1=NCCCN1. The van der Waals surface area contributed by atoms with E-state index in [4.69, 9.17) is 5.73 Å². The van der Waals surface area contributed by atoms with E-state index in [0.29, 0.717) is 0 Å². The van der Waals surface area contributed by atoms with Crippen LogP contribution in [0.1, 0.15) is 37.3 Å². The number of nitrogens with one attached hydrogen (secondary N) is 1. The van der Waals surface area contributed by atoms with Crippen LogP contribution in [0.15, 0.2) is 51.4 Å². The van der Waals surface area contributed by atoms with Gasteiger partial charge >= 0.3 is 0 Å². The van der Waals surface area contributed by atoms with Crippen molar-refractivity contribution < 1.29 is 0 Å². The molecule has 0 fully saturated rings. The summed E-state index contributed by atoms with van der Waals surface area (Å²) in [6, 6.07) is 6.83. The van der Waals surface area contributed by atoms with Crippen LogP contribution < -0.4 is 11.1 Å². The van der Waals surface area contributed by atoms with Gasteiger partial charge in [0.25, 0.3) is 0 Å². The molecule has 0 aromatic heterocycles. The van der Waals surface area contributed by atoms with Crippen LogP contribution >= 0.6 is 11.8 Å². The molecule has 1 aromatic carbocycles. The van der Waals surface area contributed by atoms with Crippen LogP contribution in [0.2, 0.25) is 0 Å². The lowest BCUT2D eigenvalue weighted by Gasteiger charge is -2.18. The molecule has 128 valence electrons. The molecule has 1 aromatic rings. The van der Waals surface area contributed by atoms with Crippen molar-refractivity contribution in [2.45, 2.75) is 44.0 Å². The van der Waals surface area contributed by atoms with Gasteiger partial charge in [0, 0.05) is 35.3 Å². The molecule has 1 aliphatic heterocycles. The molecule has 1 unspecified atom stereocenters. The van der Waals surface area contributed by atoms with E-state index >= 15 is 0 Å². The average Bonchev–Trinajstić information content (AvgIpc) is 2.75. The van der Waals surface area contributed by atoms with Gasteiger partial charge in [-0.25, -0.2) is 0 Å². The summed E-state index contributed by atoms with van der Waals surface area (Å²) in [7, 11) is 0. The highest BCUT2D eigenvalue weighted by Gasteiger charge is 2.14. The van der Waals surface area contributed by atoms with Gasteiger partial charge in [0.1, 0.15) is 5.84 Å². The van der Waals surface area contributed by atoms with Gasteiger partial charge < -0.3 is 11.1 Å². The van der Waals surface area contributed by atoms with Crippen molar-refractivity contribution in [3.63, 3.8) is 0 Å². The molecule has 0 spiro atoms. The molecular weight excluding hydrogens is 314 g/mol. The number of thioether (sulfide) groups is 1. The van der Waals surface area contributed by atoms with Crippen molar-refractivity contribution >= 4 is 17.6 Å². The van der Waals surface area contributed by atoms with E-state index in [-0.39, 0.29) is 6.04 Å². The Morgan fingerprint density at radius 1 is 1.33 bits per heavy atom. The summed E-state index contributed by atoms with van der Waals surface area (Å²) in [6.07, 6.45) is 7.81. The average molecular weight is 342 g/mol. The second-order valence-electron chi connectivity index (χ2n) is 6.62. The second-order valence-corrected chi connectivity index (χ2v) is 7.64. The van der Waals surface area contributed by atoms with Gasteiger partial charge in [0.2, 0.25) is 0 Å². The summed E-state index contributed by atoms with van der Waals surface area (Å²) in [5, 5.41) is 3.46. The molecule has 3 nitrogen and oxygen atoms in total. The molecule has 3 N–H and O–H groups in total. The Morgan fingerprint density at radius 2 is 2.21 bits per heavy atom. The fourth-order valence-corrected chi connectivity index (χ4v) is 4.19. The van der Waals surface area contributed by atoms with Gasteiger partial charge in [-0.05, 0) is 50.8 Å². The fourth-order valence-electron chi connectivity index (χ4n) is 3.08. The Labute approximate surface area is 149 Å². The molecule has 1 atom stereocenters. The Hall–Kier alpha value is -1.52. The maximum atomic E-state index is 6.17. The standard InChI is InChI=1S/C20H27N3S/c1-14-7-8-19(18(11-14)20-22-9-4-10-23-20)24-13-16-12-17(21)6-3-5-15(16)2/h5,7-8,11-12,17H,3-4,6,9-10,13,21H2,1-2H3,(H,22,23). The molecule has 0 bridgehead atoms. The number of rotatable bonds is 4. The number of nitrogens with zero attached hydrogens (tertiary/aromatic N) is 1.